The zero-order valence-electron chi connectivity index (χ0n) is 14.0. The lowest BCUT2D eigenvalue weighted by molar-refractivity contribution is -0.274. The van der Waals surface area contributed by atoms with Crippen molar-refractivity contribution in [1.29, 1.82) is 0 Å². The van der Waals surface area contributed by atoms with Gasteiger partial charge in [0.1, 0.15) is 5.75 Å². The van der Waals surface area contributed by atoms with Crippen molar-refractivity contribution < 1.29 is 26.3 Å². The van der Waals surface area contributed by atoms with Gasteiger partial charge in [0.2, 0.25) is 10.0 Å². The average molecular weight is 423 g/mol. The molecule has 2 atom stereocenters. The molecule has 1 saturated heterocycles. The van der Waals surface area contributed by atoms with Gasteiger partial charge in [0, 0.05) is 31.1 Å². The predicted octanol–water partition coefficient (Wildman–Crippen LogP) is 3.12. The molecule has 2 aromatic rings. The molecule has 0 unspecified atom stereocenters. The summed E-state index contributed by atoms with van der Waals surface area (Å²) in [5.41, 5.74) is 7.03. The summed E-state index contributed by atoms with van der Waals surface area (Å²) in [4.78, 5) is -0.264. The highest BCUT2D eigenvalue weighted by Crippen LogP contribution is 2.32. The quantitative estimate of drug-likeness (QED) is 0.821. The smallest absolute Gasteiger partial charge is 0.406 e. The molecule has 2 aromatic carbocycles. The van der Waals surface area contributed by atoms with Crippen molar-refractivity contribution in [2.45, 2.75) is 23.2 Å². The summed E-state index contributed by atoms with van der Waals surface area (Å²) in [6.45, 7) is 0.254. The van der Waals surface area contributed by atoms with Gasteiger partial charge in [0.25, 0.3) is 0 Å². The Morgan fingerprint density at radius 3 is 2.33 bits per heavy atom. The predicted molar refractivity (Wildman–Crippen MR) is 96.3 cm³/mol. The van der Waals surface area contributed by atoms with Gasteiger partial charge >= 0.3 is 6.36 Å². The van der Waals surface area contributed by atoms with Crippen LogP contribution < -0.4 is 10.5 Å². The number of hydrogen-bond acceptors (Lipinski definition) is 4. The van der Waals surface area contributed by atoms with Gasteiger partial charge in [0.05, 0.1) is 4.90 Å². The fraction of sp³-hybridized carbons (Fsp3) is 0.294. The normalized spacial score (nSPS) is 20.9. The summed E-state index contributed by atoms with van der Waals surface area (Å²) in [7, 11) is -3.98. The van der Waals surface area contributed by atoms with Gasteiger partial charge < -0.3 is 10.5 Å². The number of benzene rings is 2. The minimum atomic E-state index is -4.89. The first-order chi connectivity index (χ1) is 12.2. The molecule has 1 aliphatic heterocycles. The van der Waals surface area contributed by atoms with E-state index in [0.29, 0.717) is 0 Å². The molecule has 1 aliphatic rings. The standard InChI is InChI=1S/C17H17F3N2O3S.ClH/c18-17(19,20)25-13-7-4-8-14(9-13)26(23,24)22-10-15(16(21)11-22)12-5-2-1-3-6-12;/h1-9,15-16H,10-11,21H2;1H/t15-,16+;/m0./s1. The number of nitrogens with two attached hydrogens (primary N) is 1. The number of rotatable bonds is 4. The molecule has 0 radical (unpaired) electrons. The molecule has 1 heterocycles. The Hall–Kier alpha value is -1.81. The fourth-order valence-corrected chi connectivity index (χ4v) is 4.56. The van der Waals surface area contributed by atoms with Gasteiger partial charge in [-0.05, 0) is 17.7 Å². The van der Waals surface area contributed by atoms with Crippen LogP contribution in [0.1, 0.15) is 11.5 Å². The van der Waals surface area contributed by atoms with E-state index in [1.54, 1.807) is 0 Å². The molecule has 3 rings (SSSR count). The first kappa shape index (κ1) is 21.5. The second-order valence-corrected chi connectivity index (χ2v) is 7.96. The van der Waals surface area contributed by atoms with Crippen molar-refractivity contribution in [3.8, 4) is 5.75 Å². The Balaban J connectivity index is 0.00000261. The summed E-state index contributed by atoms with van der Waals surface area (Å²) in [5, 5.41) is 0. The number of sulfonamides is 1. The summed E-state index contributed by atoms with van der Waals surface area (Å²) in [6, 6.07) is 13.2. The lowest BCUT2D eigenvalue weighted by Gasteiger charge is -2.17. The molecule has 0 bridgehead atoms. The zero-order chi connectivity index (χ0) is 18.9. The van der Waals surface area contributed by atoms with Crippen molar-refractivity contribution in [3.63, 3.8) is 0 Å². The maximum atomic E-state index is 12.8. The van der Waals surface area contributed by atoms with E-state index in [1.165, 1.54) is 16.4 Å². The van der Waals surface area contributed by atoms with Gasteiger partial charge in [-0.1, -0.05) is 36.4 Å². The van der Waals surface area contributed by atoms with Crippen LogP contribution in [0.4, 0.5) is 13.2 Å². The molecule has 0 aliphatic carbocycles. The number of halogens is 4. The molecular weight excluding hydrogens is 405 g/mol. The molecule has 2 N–H and O–H groups in total. The lowest BCUT2D eigenvalue weighted by atomic mass is 9.95. The van der Waals surface area contributed by atoms with Gasteiger partial charge in [0.15, 0.2) is 0 Å². The van der Waals surface area contributed by atoms with E-state index in [9.17, 15) is 21.6 Å². The molecular formula is C17H18ClF3N2O3S. The minimum absolute atomic E-state index is 0. The SMILES string of the molecule is Cl.N[C@@H]1CN(S(=O)(=O)c2cccc(OC(F)(F)F)c2)C[C@H]1c1ccccc1. The van der Waals surface area contributed by atoms with E-state index in [0.717, 1.165) is 17.7 Å². The Bertz CT molecular complexity index is 878. The molecule has 0 aromatic heterocycles. The maximum Gasteiger partial charge on any atom is 0.573 e. The number of hydrogen-bond donors (Lipinski definition) is 1. The van der Waals surface area contributed by atoms with Crippen LogP contribution in [-0.2, 0) is 10.0 Å². The van der Waals surface area contributed by atoms with Crippen molar-refractivity contribution >= 4 is 22.4 Å². The van der Waals surface area contributed by atoms with Gasteiger partial charge in [-0.2, -0.15) is 4.31 Å². The Morgan fingerprint density at radius 1 is 1.04 bits per heavy atom. The van der Waals surface area contributed by atoms with Crippen molar-refractivity contribution in [2.75, 3.05) is 13.1 Å². The molecule has 10 heteroatoms. The molecule has 148 valence electrons. The van der Waals surface area contributed by atoms with Crippen molar-refractivity contribution in [2.24, 2.45) is 5.73 Å². The largest absolute Gasteiger partial charge is 0.573 e. The summed E-state index contributed by atoms with van der Waals surface area (Å²) in [5.74, 6) is -0.762. The second-order valence-electron chi connectivity index (χ2n) is 6.03. The van der Waals surface area contributed by atoms with Crippen LogP contribution in [-0.4, -0.2) is 38.2 Å². The van der Waals surface area contributed by atoms with Gasteiger partial charge in [-0.15, -0.1) is 25.6 Å². The third kappa shape index (κ3) is 4.92. The highest BCUT2D eigenvalue weighted by molar-refractivity contribution is 7.89. The summed E-state index contributed by atoms with van der Waals surface area (Å²) < 4.78 is 67.7. The van der Waals surface area contributed by atoms with Crippen LogP contribution in [0.3, 0.4) is 0 Å². The van der Waals surface area contributed by atoms with E-state index in [2.05, 4.69) is 4.74 Å². The number of alkyl halides is 3. The lowest BCUT2D eigenvalue weighted by Crippen LogP contribution is -2.32. The van der Waals surface area contributed by atoms with Gasteiger partial charge in [-0.3, -0.25) is 0 Å². The third-order valence-corrected chi connectivity index (χ3v) is 6.06. The van der Waals surface area contributed by atoms with Crippen LogP contribution >= 0.6 is 12.4 Å². The molecule has 0 amide bonds. The first-order valence-corrected chi connectivity index (χ1v) is 9.27. The average Bonchev–Trinajstić information content (AvgIpc) is 2.97. The topological polar surface area (TPSA) is 72.6 Å². The number of ether oxygens (including phenoxy) is 1. The van der Waals surface area contributed by atoms with Crippen LogP contribution in [0, 0.1) is 0 Å². The second kappa shape index (κ2) is 8.05. The molecule has 27 heavy (non-hydrogen) atoms. The maximum absolute atomic E-state index is 12.8. The molecule has 5 nitrogen and oxygen atoms in total. The van der Waals surface area contributed by atoms with E-state index < -0.39 is 28.2 Å². The van der Waals surface area contributed by atoms with Crippen LogP contribution in [0.15, 0.2) is 59.5 Å². The summed E-state index contributed by atoms with van der Waals surface area (Å²) in [6.07, 6.45) is -4.89. The first-order valence-electron chi connectivity index (χ1n) is 7.83. The summed E-state index contributed by atoms with van der Waals surface area (Å²) >= 11 is 0. The Labute approximate surface area is 161 Å². The highest BCUT2D eigenvalue weighted by Gasteiger charge is 2.38. The van der Waals surface area contributed by atoms with E-state index >= 15 is 0 Å². The fourth-order valence-electron chi connectivity index (χ4n) is 3.02. The van der Waals surface area contributed by atoms with Crippen molar-refractivity contribution in [3.05, 3.63) is 60.2 Å². The van der Waals surface area contributed by atoms with E-state index in [-0.39, 0.29) is 36.3 Å². The molecule has 1 fully saturated rings. The van der Waals surface area contributed by atoms with Gasteiger partial charge in [-0.25, -0.2) is 8.42 Å². The monoisotopic (exact) mass is 422 g/mol. The third-order valence-electron chi connectivity index (χ3n) is 4.24. The van der Waals surface area contributed by atoms with Crippen LogP contribution in [0.25, 0.3) is 0 Å². The Morgan fingerprint density at radius 2 is 1.70 bits per heavy atom. The van der Waals surface area contributed by atoms with E-state index in [4.69, 9.17) is 5.73 Å². The van der Waals surface area contributed by atoms with Crippen molar-refractivity contribution in [1.82, 2.24) is 4.31 Å². The molecule has 0 saturated carbocycles. The number of nitrogens with zero attached hydrogens (tertiary/aromatic N) is 1. The molecule has 0 spiro atoms. The Kier molecular flexibility index (Phi) is 6.41. The van der Waals surface area contributed by atoms with Crippen LogP contribution in [0.2, 0.25) is 0 Å². The van der Waals surface area contributed by atoms with Crippen LogP contribution in [0.5, 0.6) is 5.75 Å². The zero-order valence-corrected chi connectivity index (χ0v) is 15.6. The van der Waals surface area contributed by atoms with E-state index in [1.807, 2.05) is 30.3 Å². The highest BCUT2D eigenvalue weighted by atomic mass is 35.5. The minimum Gasteiger partial charge on any atom is -0.406 e.